The molecule has 0 aliphatic heterocycles. The van der Waals surface area contributed by atoms with Crippen LogP contribution >= 0.6 is 0 Å². The Morgan fingerprint density at radius 1 is 0.474 bits per heavy atom. The summed E-state index contributed by atoms with van der Waals surface area (Å²) in [5, 5.41) is 24.9. The smallest absolute Gasteiger partial charge is 0.306 e. The molecule has 1 atom stereocenters. The standard InChI is InChI=1S/C24H46O4.C6H10O4/c1-3-5-7-9-11-13-15-19-22(18-14-12-10-8-6-4-2)28-24(27)21-17-16-20-23(25)26;7-5(8)3-1-2-4-6(9)10/h22H,3-21H2,1-2H3,(H,25,26);1-4H2,(H,7,8)(H,9,10). The molecule has 0 fully saturated rings. The van der Waals surface area contributed by atoms with Crippen LogP contribution in [0.5, 0.6) is 0 Å². The Labute approximate surface area is 230 Å². The first kappa shape index (κ1) is 38.0. The molecule has 0 saturated heterocycles. The van der Waals surface area contributed by atoms with Gasteiger partial charge in [0.15, 0.2) is 0 Å². The molecule has 3 N–H and O–H groups in total. The molecule has 0 radical (unpaired) electrons. The first-order chi connectivity index (χ1) is 18.2. The molecule has 0 aliphatic rings. The highest BCUT2D eigenvalue weighted by atomic mass is 16.5. The van der Waals surface area contributed by atoms with Gasteiger partial charge < -0.3 is 20.1 Å². The highest BCUT2D eigenvalue weighted by Crippen LogP contribution is 2.18. The second-order valence-electron chi connectivity index (χ2n) is 10.2. The molecule has 0 saturated carbocycles. The quantitative estimate of drug-likeness (QED) is 0.0732. The zero-order valence-corrected chi connectivity index (χ0v) is 24.2. The van der Waals surface area contributed by atoms with Crippen LogP contribution in [0.1, 0.15) is 162 Å². The molecular weight excluding hydrogens is 488 g/mol. The summed E-state index contributed by atoms with van der Waals surface area (Å²) >= 11 is 0. The van der Waals surface area contributed by atoms with Gasteiger partial charge in [-0.1, -0.05) is 84.5 Å². The maximum absolute atomic E-state index is 12.1. The summed E-state index contributed by atoms with van der Waals surface area (Å²) in [6, 6.07) is 0. The van der Waals surface area contributed by atoms with Gasteiger partial charge in [-0.2, -0.15) is 0 Å². The zero-order valence-electron chi connectivity index (χ0n) is 24.2. The van der Waals surface area contributed by atoms with Crippen LogP contribution in [0.3, 0.4) is 0 Å². The van der Waals surface area contributed by atoms with E-state index in [2.05, 4.69) is 13.8 Å². The lowest BCUT2D eigenvalue weighted by molar-refractivity contribution is -0.150. The number of aliphatic carboxylic acids is 3. The van der Waals surface area contributed by atoms with Gasteiger partial charge in [0.25, 0.3) is 0 Å². The van der Waals surface area contributed by atoms with E-state index in [1.54, 1.807) is 0 Å². The first-order valence-corrected chi connectivity index (χ1v) is 15.1. The van der Waals surface area contributed by atoms with Gasteiger partial charge in [-0.05, 0) is 51.4 Å². The van der Waals surface area contributed by atoms with Crippen LogP contribution in [0.15, 0.2) is 0 Å². The Morgan fingerprint density at radius 3 is 1.13 bits per heavy atom. The summed E-state index contributed by atoms with van der Waals surface area (Å²) in [6.07, 6.45) is 21.1. The number of hydrogen-bond donors (Lipinski definition) is 3. The van der Waals surface area contributed by atoms with E-state index in [0.717, 1.165) is 25.7 Å². The Bertz CT molecular complexity index is 575. The highest BCUT2D eigenvalue weighted by Gasteiger charge is 2.14. The largest absolute Gasteiger partial charge is 0.481 e. The second kappa shape index (κ2) is 29.4. The second-order valence-corrected chi connectivity index (χ2v) is 10.2. The predicted molar refractivity (Wildman–Crippen MR) is 150 cm³/mol. The van der Waals surface area contributed by atoms with Gasteiger partial charge in [-0.25, -0.2) is 0 Å². The predicted octanol–water partition coefficient (Wildman–Crippen LogP) is 8.15. The van der Waals surface area contributed by atoms with Crippen LogP contribution in [0.4, 0.5) is 0 Å². The number of carbonyl (C=O) groups excluding carboxylic acids is 1. The van der Waals surface area contributed by atoms with Crippen LogP contribution in [0.2, 0.25) is 0 Å². The number of ether oxygens (including phenoxy) is 1. The fraction of sp³-hybridized carbons (Fsp3) is 0.867. The van der Waals surface area contributed by atoms with E-state index in [1.165, 1.54) is 70.6 Å². The summed E-state index contributed by atoms with van der Waals surface area (Å²) in [7, 11) is 0. The van der Waals surface area contributed by atoms with Crippen molar-refractivity contribution in [2.24, 2.45) is 0 Å². The van der Waals surface area contributed by atoms with Gasteiger partial charge in [0.2, 0.25) is 0 Å². The molecule has 0 rings (SSSR count). The number of esters is 1. The van der Waals surface area contributed by atoms with Crippen LogP contribution in [0.25, 0.3) is 0 Å². The molecule has 0 bridgehead atoms. The van der Waals surface area contributed by atoms with Crippen molar-refractivity contribution in [1.29, 1.82) is 0 Å². The number of carboxylic acid groups (broad SMARTS) is 3. The van der Waals surface area contributed by atoms with Crippen LogP contribution in [0, 0.1) is 0 Å². The van der Waals surface area contributed by atoms with Crippen molar-refractivity contribution < 1.29 is 39.2 Å². The van der Waals surface area contributed by atoms with E-state index in [9.17, 15) is 19.2 Å². The fourth-order valence-electron chi connectivity index (χ4n) is 4.09. The Balaban J connectivity index is 0. The lowest BCUT2D eigenvalue weighted by Gasteiger charge is -2.18. The van der Waals surface area contributed by atoms with E-state index in [1.807, 2.05) is 0 Å². The minimum Gasteiger partial charge on any atom is -0.481 e. The number of carboxylic acids is 3. The molecule has 0 spiro atoms. The molecule has 224 valence electrons. The summed E-state index contributed by atoms with van der Waals surface area (Å²) < 4.78 is 5.74. The van der Waals surface area contributed by atoms with Gasteiger partial charge in [0.1, 0.15) is 6.10 Å². The van der Waals surface area contributed by atoms with Crippen molar-refractivity contribution in [1.82, 2.24) is 0 Å². The van der Waals surface area contributed by atoms with E-state index in [-0.39, 0.29) is 31.3 Å². The molecule has 8 heteroatoms. The van der Waals surface area contributed by atoms with E-state index < -0.39 is 17.9 Å². The van der Waals surface area contributed by atoms with Crippen molar-refractivity contribution >= 4 is 23.9 Å². The van der Waals surface area contributed by atoms with Crippen LogP contribution < -0.4 is 0 Å². The van der Waals surface area contributed by atoms with E-state index >= 15 is 0 Å². The van der Waals surface area contributed by atoms with Crippen LogP contribution in [-0.2, 0) is 23.9 Å². The lowest BCUT2D eigenvalue weighted by Crippen LogP contribution is -2.18. The van der Waals surface area contributed by atoms with Crippen molar-refractivity contribution in [3.05, 3.63) is 0 Å². The lowest BCUT2D eigenvalue weighted by atomic mass is 10.0. The van der Waals surface area contributed by atoms with Crippen molar-refractivity contribution in [3.8, 4) is 0 Å². The third-order valence-corrected chi connectivity index (χ3v) is 6.36. The van der Waals surface area contributed by atoms with Gasteiger partial charge in [-0.3, -0.25) is 19.2 Å². The van der Waals surface area contributed by atoms with Gasteiger partial charge in [0, 0.05) is 25.7 Å². The Morgan fingerprint density at radius 2 is 0.789 bits per heavy atom. The first-order valence-electron chi connectivity index (χ1n) is 15.1. The molecule has 38 heavy (non-hydrogen) atoms. The fourth-order valence-corrected chi connectivity index (χ4v) is 4.09. The third kappa shape index (κ3) is 33.9. The maximum atomic E-state index is 12.1. The SMILES string of the molecule is CCCCCCCCCC(CCCCCCCC)OC(=O)CCCCC(=O)O.O=C(O)CCCCC(=O)O. The highest BCUT2D eigenvalue weighted by molar-refractivity contribution is 5.70. The Hall–Kier alpha value is -2.12. The molecule has 0 aliphatic carbocycles. The third-order valence-electron chi connectivity index (χ3n) is 6.36. The molecule has 0 aromatic rings. The van der Waals surface area contributed by atoms with Gasteiger partial charge in [-0.15, -0.1) is 0 Å². The van der Waals surface area contributed by atoms with Crippen LogP contribution in [-0.4, -0.2) is 45.3 Å². The zero-order chi connectivity index (χ0) is 28.9. The van der Waals surface area contributed by atoms with Crippen molar-refractivity contribution in [2.45, 2.75) is 168 Å². The Kier molecular flexibility index (Phi) is 29.5. The molecule has 0 heterocycles. The topological polar surface area (TPSA) is 138 Å². The summed E-state index contributed by atoms with van der Waals surface area (Å²) in [5.74, 6) is -2.69. The minimum absolute atomic E-state index is 0.0498. The van der Waals surface area contributed by atoms with Gasteiger partial charge in [0.05, 0.1) is 0 Å². The molecule has 0 aromatic carbocycles. The normalized spacial score (nSPS) is 11.3. The van der Waals surface area contributed by atoms with E-state index in [0.29, 0.717) is 32.1 Å². The number of rotatable bonds is 26. The number of hydrogen-bond acceptors (Lipinski definition) is 5. The molecule has 0 aromatic heterocycles. The minimum atomic E-state index is -0.870. The van der Waals surface area contributed by atoms with Crippen molar-refractivity contribution in [3.63, 3.8) is 0 Å². The monoisotopic (exact) mass is 544 g/mol. The average Bonchev–Trinajstić information content (AvgIpc) is 2.86. The number of carbonyl (C=O) groups is 4. The molecular formula is C30H56O8. The molecule has 1 unspecified atom stereocenters. The number of unbranched alkanes of at least 4 members (excludes halogenated alkanes) is 13. The van der Waals surface area contributed by atoms with E-state index in [4.69, 9.17) is 20.1 Å². The maximum Gasteiger partial charge on any atom is 0.306 e. The summed E-state index contributed by atoms with van der Waals surface area (Å²) in [6.45, 7) is 4.47. The van der Waals surface area contributed by atoms with Crippen molar-refractivity contribution in [2.75, 3.05) is 0 Å². The average molecular weight is 545 g/mol. The summed E-state index contributed by atoms with van der Waals surface area (Å²) in [4.78, 5) is 42.5. The molecule has 0 amide bonds. The summed E-state index contributed by atoms with van der Waals surface area (Å²) in [5.41, 5.74) is 0. The van der Waals surface area contributed by atoms with Gasteiger partial charge >= 0.3 is 23.9 Å². The molecule has 8 nitrogen and oxygen atoms in total.